The average molecular weight is 247 g/mol. The molecule has 0 saturated heterocycles. The number of aliphatic hydroxyl groups is 1. The second-order valence-electron chi connectivity index (χ2n) is 3.67. The van der Waals surface area contributed by atoms with Gasteiger partial charge >= 0.3 is 0 Å². The molecule has 3 rings (SSSR count). The van der Waals surface area contributed by atoms with Gasteiger partial charge in [0.15, 0.2) is 0 Å². The lowest BCUT2D eigenvalue weighted by molar-refractivity contribution is 0.276. The number of aliphatic hydroxyl groups excluding tert-OH is 1. The zero-order valence-electron chi connectivity index (χ0n) is 9.19. The first kappa shape index (κ1) is 10.6. The molecule has 0 aromatic carbocycles. The van der Waals surface area contributed by atoms with Crippen molar-refractivity contribution in [2.24, 2.45) is 0 Å². The van der Waals surface area contributed by atoms with Crippen molar-refractivity contribution in [3.8, 4) is 0 Å². The van der Waals surface area contributed by atoms with E-state index in [1.807, 2.05) is 0 Å². The molecule has 92 valence electrons. The molecule has 0 aliphatic carbocycles. The number of nitrogens with zero attached hydrogens (tertiary/aromatic N) is 6. The van der Waals surface area contributed by atoms with Gasteiger partial charge in [0.2, 0.25) is 0 Å². The van der Waals surface area contributed by atoms with Crippen LogP contribution in [0.25, 0.3) is 5.78 Å². The molecule has 0 aliphatic rings. The lowest BCUT2D eigenvalue weighted by Gasteiger charge is -1.99. The first-order valence-electron chi connectivity index (χ1n) is 5.18. The fourth-order valence-corrected chi connectivity index (χ4v) is 1.60. The fraction of sp³-hybridized carbons (Fsp3) is 0.222. The van der Waals surface area contributed by atoms with Crippen molar-refractivity contribution >= 4 is 5.78 Å². The third-order valence-corrected chi connectivity index (χ3v) is 2.39. The molecule has 18 heavy (non-hydrogen) atoms. The Labute approximate surface area is 99.7 Å². The summed E-state index contributed by atoms with van der Waals surface area (Å²) in [5.74, 6) is 0.306. The molecule has 9 nitrogen and oxygen atoms in total. The first-order valence-corrected chi connectivity index (χ1v) is 5.18. The van der Waals surface area contributed by atoms with Crippen molar-refractivity contribution in [2.75, 3.05) is 0 Å². The largest absolute Gasteiger partial charge is 0.390 e. The SMILES string of the molecule is O=c1cc(Cn2cc(CO)nn2)nc2nc[nH]n12. The number of H-pyrrole nitrogens is 1. The Bertz CT molecular complexity index is 741. The Morgan fingerprint density at radius 2 is 2.28 bits per heavy atom. The van der Waals surface area contributed by atoms with Crippen LogP contribution < -0.4 is 5.56 Å². The maximum absolute atomic E-state index is 11.7. The minimum absolute atomic E-state index is 0.172. The first-order chi connectivity index (χ1) is 8.76. The van der Waals surface area contributed by atoms with Gasteiger partial charge < -0.3 is 5.11 Å². The monoisotopic (exact) mass is 247 g/mol. The van der Waals surface area contributed by atoms with Gasteiger partial charge in [-0.2, -0.15) is 4.52 Å². The quantitative estimate of drug-likeness (QED) is 0.585. The molecule has 0 fully saturated rings. The number of fused-ring (bicyclic) bond motifs is 1. The highest BCUT2D eigenvalue weighted by Gasteiger charge is 2.06. The van der Waals surface area contributed by atoms with Gasteiger partial charge in [-0.1, -0.05) is 5.21 Å². The van der Waals surface area contributed by atoms with Crippen LogP contribution >= 0.6 is 0 Å². The summed E-state index contributed by atoms with van der Waals surface area (Å²) in [6.45, 7) is 0.125. The molecule has 3 heterocycles. The molecular formula is C9H9N7O2. The molecule has 0 atom stereocenters. The van der Waals surface area contributed by atoms with Gasteiger partial charge in [-0.05, 0) is 0 Å². The summed E-state index contributed by atoms with van der Waals surface area (Å²) in [6.07, 6.45) is 2.99. The lowest BCUT2D eigenvalue weighted by atomic mass is 10.4. The van der Waals surface area contributed by atoms with Crippen molar-refractivity contribution in [3.63, 3.8) is 0 Å². The van der Waals surface area contributed by atoms with Gasteiger partial charge in [-0.15, -0.1) is 5.10 Å². The van der Waals surface area contributed by atoms with Crippen LogP contribution in [0, 0.1) is 0 Å². The van der Waals surface area contributed by atoms with E-state index in [2.05, 4.69) is 25.4 Å². The van der Waals surface area contributed by atoms with E-state index >= 15 is 0 Å². The number of hydrogen-bond acceptors (Lipinski definition) is 6. The molecule has 0 unspecified atom stereocenters. The van der Waals surface area contributed by atoms with Gasteiger partial charge in [0.25, 0.3) is 11.3 Å². The van der Waals surface area contributed by atoms with Crippen LogP contribution in [-0.4, -0.2) is 39.7 Å². The Hall–Kier alpha value is -2.55. The molecule has 0 aliphatic heterocycles. The van der Waals surface area contributed by atoms with Crippen LogP contribution in [0.4, 0.5) is 0 Å². The molecule has 3 aromatic rings. The van der Waals surface area contributed by atoms with E-state index in [0.29, 0.717) is 23.7 Å². The van der Waals surface area contributed by atoms with Crippen LogP contribution in [0.3, 0.4) is 0 Å². The Kier molecular flexibility index (Phi) is 2.38. The predicted octanol–water partition coefficient (Wildman–Crippen LogP) is -1.45. The van der Waals surface area contributed by atoms with Crippen molar-refractivity contribution in [1.29, 1.82) is 0 Å². The van der Waals surface area contributed by atoms with Gasteiger partial charge in [-0.25, -0.2) is 14.6 Å². The number of aromatic amines is 1. The van der Waals surface area contributed by atoms with Crippen molar-refractivity contribution in [2.45, 2.75) is 13.2 Å². The Morgan fingerprint density at radius 1 is 1.39 bits per heavy atom. The van der Waals surface area contributed by atoms with Crippen LogP contribution in [0.5, 0.6) is 0 Å². The summed E-state index contributed by atoms with van der Waals surface area (Å²) < 4.78 is 2.74. The standard InChI is InChI=1S/C9H9N7O2/c17-4-7-3-15(14-13-7)2-6-1-8(18)16-9(12-6)10-5-11-16/h1,3,5,17H,2,4H2,(H,10,11,12). The summed E-state index contributed by atoms with van der Waals surface area (Å²) in [5, 5.41) is 19.1. The molecule has 0 amide bonds. The zero-order valence-corrected chi connectivity index (χ0v) is 9.19. The van der Waals surface area contributed by atoms with Crippen LogP contribution in [0.1, 0.15) is 11.4 Å². The van der Waals surface area contributed by atoms with E-state index in [1.165, 1.54) is 21.6 Å². The van der Waals surface area contributed by atoms with Crippen LogP contribution in [0.15, 0.2) is 23.4 Å². The molecule has 0 radical (unpaired) electrons. The molecule has 9 heteroatoms. The zero-order chi connectivity index (χ0) is 12.5. The Balaban J connectivity index is 1.96. The van der Waals surface area contributed by atoms with Gasteiger partial charge in [0.05, 0.1) is 25.0 Å². The average Bonchev–Trinajstić information content (AvgIpc) is 2.97. The Morgan fingerprint density at radius 3 is 3.06 bits per heavy atom. The fourth-order valence-electron chi connectivity index (χ4n) is 1.60. The third kappa shape index (κ3) is 1.76. The van der Waals surface area contributed by atoms with E-state index < -0.39 is 0 Å². The normalized spacial score (nSPS) is 11.2. The summed E-state index contributed by atoms with van der Waals surface area (Å²) in [5.41, 5.74) is 0.754. The molecular weight excluding hydrogens is 238 g/mol. The summed E-state index contributed by atoms with van der Waals surface area (Å²) in [7, 11) is 0. The van der Waals surface area contributed by atoms with Crippen LogP contribution in [0.2, 0.25) is 0 Å². The van der Waals surface area contributed by atoms with E-state index in [9.17, 15) is 4.79 Å². The van der Waals surface area contributed by atoms with Crippen molar-refractivity contribution in [3.05, 3.63) is 40.3 Å². The molecule has 0 spiro atoms. The van der Waals surface area contributed by atoms with Gasteiger partial charge in [0, 0.05) is 6.07 Å². The molecule has 0 bridgehead atoms. The van der Waals surface area contributed by atoms with E-state index in [4.69, 9.17) is 5.11 Å². The maximum atomic E-state index is 11.7. The smallest absolute Gasteiger partial charge is 0.274 e. The summed E-state index contributed by atoms with van der Waals surface area (Å²) >= 11 is 0. The van der Waals surface area contributed by atoms with E-state index in [-0.39, 0.29) is 12.2 Å². The number of hydrogen-bond donors (Lipinski definition) is 2. The highest BCUT2D eigenvalue weighted by molar-refractivity contribution is 5.26. The van der Waals surface area contributed by atoms with E-state index in [0.717, 1.165) is 0 Å². The highest BCUT2D eigenvalue weighted by Crippen LogP contribution is 1.99. The highest BCUT2D eigenvalue weighted by atomic mass is 16.3. The molecule has 0 saturated carbocycles. The topological polar surface area (TPSA) is 114 Å². The van der Waals surface area contributed by atoms with Crippen molar-refractivity contribution in [1.82, 2.24) is 34.6 Å². The maximum Gasteiger partial charge on any atom is 0.274 e. The minimum Gasteiger partial charge on any atom is -0.390 e. The third-order valence-electron chi connectivity index (χ3n) is 2.39. The minimum atomic E-state index is -0.241. The second kappa shape index (κ2) is 4.04. The number of nitrogens with one attached hydrogen (secondary N) is 1. The summed E-state index contributed by atoms with van der Waals surface area (Å²) in [6, 6.07) is 1.39. The second-order valence-corrected chi connectivity index (χ2v) is 3.67. The summed E-state index contributed by atoms with van der Waals surface area (Å²) in [4.78, 5) is 19.8. The van der Waals surface area contributed by atoms with Crippen LogP contribution in [-0.2, 0) is 13.2 Å². The van der Waals surface area contributed by atoms with Gasteiger partial charge in [0.1, 0.15) is 12.0 Å². The molecule has 2 N–H and O–H groups in total. The predicted molar refractivity (Wildman–Crippen MR) is 58.7 cm³/mol. The molecule has 3 aromatic heterocycles. The van der Waals surface area contributed by atoms with Crippen molar-refractivity contribution < 1.29 is 5.11 Å². The number of rotatable bonds is 3. The van der Waals surface area contributed by atoms with Gasteiger partial charge in [-0.3, -0.25) is 9.89 Å². The lowest BCUT2D eigenvalue weighted by Crippen LogP contribution is -2.17. The van der Waals surface area contributed by atoms with E-state index in [1.54, 1.807) is 6.20 Å². The number of aromatic nitrogens is 7.